The zero-order valence-electron chi connectivity index (χ0n) is 17.3. The standard InChI is InChI=1S/C22H21N5O3S/c1-15-5-4-6-20(13-15)31(28,29)26-18-7-9-19(10-8-18)30-22-12-11-21(23-24-22)27-17(3)14-16(2)25-27/h4-14,26H,1-3H3. The number of benzene rings is 2. The number of nitrogens with zero attached hydrogens (tertiary/aromatic N) is 4. The largest absolute Gasteiger partial charge is 0.438 e. The number of aryl methyl sites for hydroxylation is 3. The zero-order valence-corrected chi connectivity index (χ0v) is 18.1. The van der Waals surface area contributed by atoms with E-state index in [1.54, 1.807) is 59.3 Å². The third-order valence-corrected chi connectivity index (χ3v) is 5.86. The fourth-order valence-electron chi connectivity index (χ4n) is 3.05. The first kappa shape index (κ1) is 20.5. The Bertz CT molecular complexity index is 1310. The Morgan fingerprint density at radius 1 is 0.903 bits per heavy atom. The van der Waals surface area contributed by atoms with Crippen LogP contribution >= 0.6 is 0 Å². The monoisotopic (exact) mass is 435 g/mol. The van der Waals surface area contributed by atoms with Crippen LogP contribution < -0.4 is 9.46 Å². The van der Waals surface area contributed by atoms with Crippen LogP contribution in [0.3, 0.4) is 0 Å². The van der Waals surface area contributed by atoms with Gasteiger partial charge in [0.15, 0.2) is 5.82 Å². The highest BCUT2D eigenvalue weighted by Crippen LogP contribution is 2.23. The second-order valence-corrected chi connectivity index (χ2v) is 8.80. The molecule has 0 amide bonds. The molecule has 2 heterocycles. The van der Waals surface area contributed by atoms with Crippen molar-refractivity contribution in [3.8, 4) is 17.4 Å². The van der Waals surface area contributed by atoms with E-state index >= 15 is 0 Å². The van der Waals surface area contributed by atoms with Crippen LogP contribution in [0.5, 0.6) is 11.6 Å². The van der Waals surface area contributed by atoms with Crippen molar-refractivity contribution in [1.82, 2.24) is 20.0 Å². The molecule has 0 aliphatic rings. The second-order valence-electron chi connectivity index (χ2n) is 7.12. The summed E-state index contributed by atoms with van der Waals surface area (Å²) in [5, 5.41) is 12.6. The van der Waals surface area contributed by atoms with Gasteiger partial charge in [0.25, 0.3) is 10.0 Å². The number of aromatic nitrogens is 4. The minimum atomic E-state index is -3.66. The molecule has 0 atom stereocenters. The average Bonchev–Trinajstić information content (AvgIpc) is 3.08. The van der Waals surface area contributed by atoms with Gasteiger partial charge in [-0.2, -0.15) is 5.10 Å². The lowest BCUT2D eigenvalue weighted by Gasteiger charge is -2.10. The molecule has 158 valence electrons. The number of anilines is 1. The Balaban J connectivity index is 1.44. The number of hydrogen-bond donors (Lipinski definition) is 1. The highest BCUT2D eigenvalue weighted by atomic mass is 32.2. The first-order chi connectivity index (χ1) is 14.8. The molecule has 31 heavy (non-hydrogen) atoms. The van der Waals surface area contributed by atoms with Crippen molar-refractivity contribution >= 4 is 15.7 Å². The van der Waals surface area contributed by atoms with Gasteiger partial charge >= 0.3 is 0 Å². The fraction of sp³-hybridized carbons (Fsp3) is 0.136. The second kappa shape index (κ2) is 8.19. The number of sulfonamides is 1. The lowest BCUT2D eigenvalue weighted by Crippen LogP contribution is -2.12. The maximum Gasteiger partial charge on any atom is 0.261 e. The highest BCUT2D eigenvalue weighted by Gasteiger charge is 2.14. The van der Waals surface area contributed by atoms with Gasteiger partial charge in [0, 0.05) is 17.4 Å². The molecule has 2 aromatic heterocycles. The summed E-state index contributed by atoms with van der Waals surface area (Å²) in [5.41, 5.74) is 3.17. The van der Waals surface area contributed by atoms with E-state index in [0.717, 1.165) is 17.0 Å². The molecule has 0 radical (unpaired) electrons. The van der Waals surface area contributed by atoms with E-state index in [0.29, 0.717) is 23.1 Å². The quantitative estimate of drug-likeness (QED) is 0.488. The Hall–Kier alpha value is -3.72. The molecular weight excluding hydrogens is 414 g/mol. The maximum absolute atomic E-state index is 12.5. The van der Waals surface area contributed by atoms with E-state index in [-0.39, 0.29) is 4.90 Å². The summed E-state index contributed by atoms with van der Waals surface area (Å²) in [6, 6.07) is 18.7. The van der Waals surface area contributed by atoms with Crippen LogP contribution in [0.15, 0.2) is 71.6 Å². The van der Waals surface area contributed by atoms with Crippen molar-refractivity contribution in [3.63, 3.8) is 0 Å². The predicted octanol–water partition coefficient (Wildman–Crippen LogP) is 4.18. The third kappa shape index (κ3) is 4.72. The van der Waals surface area contributed by atoms with Crippen LogP contribution in [-0.2, 0) is 10.0 Å². The molecule has 0 bridgehead atoms. The molecule has 0 unspecified atom stereocenters. The van der Waals surface area contributed by atoms with E-state index in [9.17, 15) is 8.42 Å². The molecule has 0 saturated carbocycles. The molecular formula is C22H21N5O3S. The van der Waals surface area contributed by atoms with Crippen LogP contribution in [0.2, 0.25) is 0 Å². The number of hydrogen-bond acceptors (Lipinski definition) is 6. The predicted molar refractivity (Wildman–Crippen MR) is 117 cm³/mol. The van der Waals surface area contributed by atoms with Crippen molar-refractivity contribution in [1.29, 1.82) is 0 Å². The SMILES string of the molecule is Cc1cccc(S(=O)(=O)Nc2ccc(Oc3ccc(-n4nc(C)cc4C)nn3)cc2)c1. The van der Waals surface area contributed by atoms with Crippen LogP contribution in [0.1, 0.15) is 17.0 Å². The molecule has 9 heteroatoms. The van der Waals surface area contributed by atoms with E-state index in [2.05, 4.69) is 20.0 Å². The summed E-state index contributed by atoms with van der Waals surface area (Å²) in [4.78, 5) is 0.214. The van der Waals surface area contributed by atoms with Crippen molar-refractivity contribution in [2.45, 2.75) is 25.7 Å². The Labute approximate surface area is 180 Å². The van der Waals surface area contributed by atoms with Gasteiger partial charge in [0.1, 0.15) is 5.75 Å². The van der Waals surface area contributed by atoms with Gasteiger partial charge in [0.05, 0.1) is 10.6 Å². The number of ether oxygens (including phenoxy) is 1. The van der Waals surface area contributed by atoms with Gasteiger partial charge in [-0.25, -0.2) is 13.1 Å². The summed E-state index contributed by atoms with van der Waals surface area (Å²) < 4.78 is 35.1. The molecule has 0 aliphatic carbocycles. The Morgan fingerprint density at radius 2 is 1.68 bits per heavy atom. The molecule has 1 N–H and O–H groups in total. The summed E-state index contributed by atoms with van der Waals surface area (Å²) in [6.45, 7) is 5.71. The van der Waals surface area contributed by atoms with Crippen molar-refractivity contribution in [3.05, 3.63) is 83.7 Å². The highest BCUT2D eigenvalue weighted by molar-refractivity contribution is 7.92. The Kier molecular flexibility index (Phi) is 5.43. The first-order valence-electron chi connectivity index (χ1n) is 9.55. The van der Waals surface area contributed by atoms with Gasteiger partial charge in [-0.3, -0.25) is 4.72 Å². The molecule has 2 aromatic carbocycles. The van der Waals surface area contributed by atoms with E-state index in [1.807, 2.05) is 32.9 Å². The van der Waals surface area contributed by atoms with Crippen LogP contribution in [0.4, 0.5) is 5.69 Å². The van der Waals surface area contributed by atoms with Gasteiger partial charge in [-0.05, 0) is 74.9 Å². The molecule has 0 aliphatic heterocycles. The smallest absolute Gasteiger partial charge is 0.261 e. The molecule has 0 saturated heterocycles. The minimum absolute atomic E-state index is 0.214. The summed E-state index contributed by atoms with van der Waals surface area (Å²) in [6.07, 6.45) is 0. The van der Waals surface area contributed by atoms with Crippen LogP contribution in [0.25, 0.3) is 5.82 Å². The topological polar surface area (TPSA) is 99.0 Å². The minimum Gasteiger partial charge on any atom is -0.438 e. The lowest BCUT2D eigenvalue weighted by atomic mass is 10.2. The van der Waals surface area contributed by atoms with Crippen LogP contribution in [0, 0.1) is 20.8 Å². The van der Waals surface area contributed by atoms with E-state index in [1.165, 1.54) is 0 Å². The summed E-state index contributed by atoms with van der Waals surface area (Å²) in [5.74, 6) is 1.42. The maximum atomic E-state index is 12.5. The normalized spacial score (nSPS) is 11.3. The summed E-state index contributed by atoms with van der Waals surface area (Å²) in [7, 11) is -3.66. The fourth-order valence-corrected chi connectivity index (χ4v) is 4.21. The molecule has 4 aromatic rings. The molecule has 0 spiro atoms. The average molecular weight is 436 g/mol. The zero-order chi connectivity index (χ0) is 22.0. The number of nitrogens with one attached hydrogen (secondary N) is 1. The van der Waals surface area contributed by atoms with Crippen LogP contribution in [-0.4, -0.2) is 28.4 Å². The van der Waals surface area contributed by atoms with Gasteiger partial charge in [-0.1, -0.05) is 12.1 Å². The van der Waals surface area contributed by atoms with Gasteiger partial charge < -0.3 is 4.74 Å². The Morgan fingerprint density at radius 3 is 2.29 bits per heavy atom. The van der Waals surface area contributed by atoms with Crippen molar-refractivity contribution in [2.24, 2.45) is 0 Å². The summed E-state index contributed by atoms with van der Waals surface area (Å²) >= 11 is 0. The molecule has 4 rings (SSSR count). The third-order valence-electron chi connectivity index (χ3n) is 4.48. The van der Waals surface area contributed by atoms with E-state index < -0.39 is 10.0 Å². The molecule has 8 nitrogen and oxygen atoms in total. The van der Waals surface area contributed by atoms with Crippen molar-refractivity contribution in [2.75, 3.05) is 4.72 Å². The number of rotatable bonds is 6. The lowest BCUT2D eigenvalue weighted by molar-refractivity contribution is 0.454. The molecule has 0 fully saturated rings. The van der Waals surface area contributed by atoms with Gasteiger partial charge in [-0.15, -0.1) is 10.2 Å². The van der Waals surface area contributed by atoms with Crippen molar-refractivity contribution < 1.29 is 13.2 Å². The van der Waals surface area contributed by atoms with Gasteiger partial charge in [0.2, 0.25) is 5.88 Å². The first-order valence-corrected chi connectivity index (χ1v) is 11.0. The van der Waals surface area contributed by atoms with E-state index in [4.69, 9.17) is 4.74 Å².